The van der Waals surface area contributed by atoms with Crippen molar-refractivity contribution < 1.29 is 4.79 Å². The van der Waals surface area contributed by atoms with Crippen LogP contribution in [-0.4, -0.2) is 5.78 Å². The van der Waals surface area contributed by atoms with Crippen molar-refractivity contribution in [3.63, 3.8) is 0 Å². The Labute approximate surface area is 85.1 Å². The maximum Gasteiger partial charge on any atom is 0.163 e. The highest BCUT2D eigenvalue weighted by Gasteiger charge is 2.36. The molecule has 0 saturated heterocycles. The fourth-order valence-electron chi connectivity index (χ4n) is 2.20. The minimum atomic E-state index is 0.129. The first-order valence-electron chi connectivity index (χ1n) is 5.16. The molecule has 0 amide bonds. The minimum absolute atomic E-state index is 0.129. The van der Waals surface area contributed by atoms with Gasteiger partial charge in [0, 0.05) is 12.0 Å². The first-order chi connectivity index (χ1) is 6.53. The van der Waals surface area contributed by atoms with Gasteiger partial charge in [0.2, 0.25) is 0 Å². The number of carbonyl (C=O) groups excluding carboxylic acids is 1. The number of ketones is 1. The number of Topliss-reactive ketones (excluding diaryl/α,β-unsaturated/α-hetero) is 1. The Morgan fingerprint density at radius 2 is 1.93 bits per heavy atom. The van der Waals surface area contributed by atoms with Gasteiger partial charge < -0.3 is 0 Å². The smallest absolute Gasteiger partial charge is 0.163 e. The molecule has 74 valence electrons. The average molecular weight is 188 g/mol. The quantitative estimate of drug-likeness (QED) is 0.611. The lowest BCUT2D eigenvalue weighted by Gasteiger charge is -2.37. The van der Waals surface area contributed by atoms with Crippen LogP contribution in [0.4, 0.5) is 0 Å². The van der Waals surface area contributed by atoms with Crippen molar-refractivity contribution in [2.24, 2.45) is 5.92 Å². The predicted molar refractivity (Wildman–Crippen MR) is 57.6 cm³/mol. The third-order valence-corrected chi connectivity index (χ3v) is 3.65. The first kappa shape index (κ1) is 9.45. The van der Waals surface area contributed by atoms with E-state index in [0.29, 0.717) is 18.1 Å². The highest BCUT2D eigenvalue weighted by molar-refractivity contribution is 5.99. The number of hydrogen-bond acceptors (Lipinski definition) is 1. The minimum Gasteiger partial charge on any atom is -0.294 e. The van der Waals surface area contributed by atoms with Gasteiger partial charge in [-0.25, -0.2) is 0 Å². The summed E-state index contributed by atoms with van der Waals surface area (Å²) in [5.41, 5.74) is 2.27. The zero-order valence-electron chi connectivity index (χ0n) is 9.00. The van der Waals surface area contributed by atoms with Crippen LogP contribution < -0.4 is 0 Å². The molecule has 0 fully saturated rings. The Hall–Kier alpha value is -1.11. The molecule has 0 aromatic heterocycles. The number of hydrogen-bond donors (Lipinski definition) is 0. The van der Waals surface area contributed by atoms with E-state index in [0.717, 1.165) is 5.56 Å². The van der Waals surface area contributed by atoms with Crippen molar-refractivity contribution in [1.29, 1.82) is 0 Å². The molecule has 0 N–H and O–H groups in total. The van der Waals surface area contributed by atoms with Gasteiger partial charge in [-0.3, -0.25) is 4.79 Å². The SMILES string of the molecule is CC1CC(=O)c2ccccc2C1(C)C. The molecule has 0 radical (unpaired) electrons. The van der Waals surface area contributed by atoms with E-state index in [9.17, 15) is 4.79 Å². The lowest BCUT2D eigenvalue weighted by Crippen LogP contribution is -2.34. The molecule has 1 atom stereocenters. The highest BCUT2D eigenvalue weighted by atomic mass is 16.1. The Balaban J connectivity index is 2.63. The summed E-state index contributed by atoms with van der Waals surface area (Å²) >= 11 is 0. The molecular formula is C13H16O. The summed E-state index contributed by atoms with van der Waals surface area (Å²) in [4.78, 5) is 11.8. The summed E-state index contributed by atoms with van der Waals surface area (Å²) in [6.45, 7) is 6.61. The van der Waals surface area contributed by atoms with E-state index in [-0.39, 0.29) is 5.41 Å². The standard InChI is InChI=1S/C13H16O/c1-9-8-12(14)10-6-4-5-7-11(10)13(9,2)3/h4-7,9H,8H2,1-3H3. The van der Waals surface area contributed by atoms with E-state index in [1.807, 2.05) is 18.2 Å². The van der Waals surface area contributed by atoms with Crippen LogP contribution in [0.15, 0.2) is 24.3 Å². The van der Waals surface area contributed by atoms with E-state index in [1.165, 1.54) is 5.56 Å². The topological polar surface area (TPSA) is 17.1 Å². The fourth-order valence-corrected chi connectivity index (χ4v) is 2.20. The van der Waals surface area contributed by atoms with Crippen LogP contribution in [0.3, 0.4) is 0 Å². The summed E-state index contributed by atoms with van der Waals surface area (Å²) in [7, 11) is 0. The molecule has 0 aliphatic heterocycles. The molecule has 1 heteroatoms. The summed E-state index contributed by atoms with van der Waals surface area (Å²) in [5.74, 6) is 0.734. The van der Waals surface area contributed by atoms with Gasteiger partial charge in [-0.05, 0) is 16.9 Å². The molecule has 2 rings (SSSR count). The Morgan fingerprint density at radius 1 is 1.29 bits per heavy atom. The van der Waals surface area contributed by atoms with E-state index in [4.69, 9.17) is 0 Å². The molecule has 14 heavy (non-hydrogen) atoms. The van der Waals surface area contributed by atoms with Crippen LogP contribution in [0.2, 0.25) is 0 Å². The van der Waals surface area contributed by atoms with E-state index >= 15 is 0 Å². The summed E-state index contributed by atoms with van der Waals surface area (Å²) in [6.07, 6.45) is 0.685. The van der Waals surface area contributed by atoms with Crippen LogP contribution >= 0.6 is 0 Å². The fraction of sp³-hybridized carbons (Fsp3) is 0.462. The zero-order valence-corrected chi connectivity index (χ0v) is 9.00. The first-order valence-corrected chi connectivity index (χ1v) is 5.16. The van der Waals surface area contributed by atoms with E-state index < -0.39 is 0 Å². The molecular weight excluding hydrogens is 172 g/mol. The van der Waals surface area contributed by atoms with Crippen molar-refractivity contribution in [3.8, 4) is 0 Å². The second kappa shape index (κ2) is 2.94. The molecule has 1 aliphatic carbocycles. The van der Waals surface area contributed by atoms with Gasteiger partial charge in [-0.1, -0.05) is 45.0 Å². The molecule has 0 spiro atoms. The van der Waals surface area contributed by atoms with Crippen LogP contribution in [0.25, 0.3) is 0 Å². The molecule has 0 saturated carbocycles. The normalized spacial score (nSPS) is 24.5. The van der Waals surface area contributed by atoms with Crippen molar-refractivity contribution >= 4 is 5.78 Å². The number of fused-ring (bicyclic) bond motifs is 1. The van der Waals surface area contributed by atoms with Gasteiger partial charge >= 0.3 is 0 Å². The van der Waals surface area contributed by atoms with Crippen LogP contribution in [-0.2, 0) is 5.41 Å². The molecule has 1 nitrogen and oxygen atoms in total. The molecule has 1 unspecified atom stereocenters. The molecule has 0 bridgehead atoms. The second-order valence-electron chi connectivity index (χ2n) is 4.80. The highest BCUT2D eigenvalue weighted by Crippen LogP contribution is 2.40. The van der Waals surface area contributed by atoms with Crippen molar-refractivity contribution in [2.75, 3.05) is 0 Å². The maximum absolute atomic E-state index is 11.8. The van der Waals surface area contributed by atoms with Crippen molar-refractivity contribution in [1.82, 2.24) is 0 Å². The second-order valence-corrected chi connectivity index (χ2v) is 4.80. The van der Waals surface area contributed by atoms with Gasteiger partial charge in [-0.2, -0.15) is 0 Å². The maximum atomic E-state index is 11.8. The number of carbonyl (C=O) groups is 1. The monoisotopic (exact) mass is 188 g/mol. The number of benzene rings is 1. The summed E-state index contributed by atoms with van der Waals surface area (Å²) in [6, 6.07) is 8.00. The summed E-state index contributed by atoms with van der Waals surface area (Å²) in [5, 5.41) is 0. The van der Waals surface area contributed by atoms with Gasteiger partial charge in [0.05, 0.1) is 0 Å². The predicted octanol–water partition coefficient (Wildman–Crippen LogP) is 3.19. The van der Waals surface area contributed by atoms with E-state index in [2.05, 4.69) is 26.8 Å². The zero-order chi connectivity index (χ0) is 10.3. The lowest BCUT2D eigenvalue weighted by atomic mass is 9.66. The third-order valence-electron chi connectivity index (χ3n) is 3.65. The van der Waals surface area contributed by atoms with Gasteiger partial charge in [-0.15, -0.1) is 0 Å². The molecule has 1 aromatic carbocycles. The molecule has 1 aliphatic rings. The molecule has 0 heterocycles. The van der Waals surface area contributed by atoms with Crippen LogP contribution in [0, 0.1) is 5.92 Å². The van der Waals surface area contributed by atoms with E-state index in [1.54, 1.807) is 0 Å². The average Bonchev–Trinajstić information content (AvgIpc) is 2.16. The lowest BCUT2D eigenvalue weighted by molar-refractivity contribution is 0.0920. The van der Waals surface area contributed by atoms with Crippen LogP contribution in [0.1, 0.15) is 43.1 Å². The Morgan fingerprint density at radius 3 is 2.64 bits per heavy atom. The van der Waals surface area contributed by atoms with Crippen LogP contribution in [0.5, 0.6) is 0 Å². The Kier molecular flexibility index (Phi) is 1.99. The third kappa shape index (κ3) is 1.19. The van der Waals surface area contributed by atoms with Crippen molar-refractivity contribution in [2.45, 2.75) is 32.6 Å². The number of rotatable bonds is 0. The van der Waals surface area contributed by atoms with Gasteiger partial charge in [0.15, 0.2) is 5.78 Å². The molecule has 1 aromatic rings. The van der Waals surface area contributed by atoms with Gasteiger partial charge in [0.25, 0.3) is 0 Å². The van der Waals surface area contributed by atoms with Crippen molar-refractivity contribution in [3.05, 3.63) is 35.4 Å². The summed E-state index contributed by atoms with van der Waals surface area (Å²) < 4.78 is 0. The Bertz CT molecular complexity index is 377. The largest absolute Gasteiger partial charge is 0.294 e. The van der Waals surface area contributed by atoms with Gasteiger partial charge in [0.1, 0.15) is 0 Å².